The lowest BCUT2D eigenvalue weighted by Crippen LogP contribution is -2.43. The Kier molecular flexibility index (Phi) is 9.69. The van der Waals surface area contributed by atoms with Gasteiger partial charge in [0.05, 0.1) is 12.7 Å². The quantitative estimate of drug-likeness (QED) is 0.277. The van der Waals surface area contributed by atoms with E-state index in [0.29, 0.717) is 23.3 Å². The first-order chi connectivity index (χ1) is 20.5. The molecule has 9 nitrogen and oxygen atoms in total. The fourth-order valence-corrected chi connectivity index (χ4v) is 5.91. The standard InChI is InChI=1S/C32H37FN8O.ClH/c1-40-15-11-21(12-16-40)26-9-8-22(18-36-26)24-19-37-30(17-27(24)41-14-4-5-23(34)20-41)38-29-10-13-35-32(39-29)31-25(33)6-3-7-28(31)42-2;/h3,6-10,13,17-19,21,23H,4-5,11-12,14-16,20,34H2,1-2H3,(H,35,37,38,39);1H/t23-;/m0./s1. The number of ether oxygens (including phenoxy) is 1. The summed E-state index contributed by atoms with van der Waals surface area (Å²) in [6.07, 6.45) is 9.76. The lowest BCUT2D eigenvalue weighted by Gasteiger charge is -2.34. The third-order valence-electron chi connectivity index (χ3n) is 8.25. The van der Waals surface area contributed by atoms with E-state index in [1.54, 1.807) is 24.4 Å². The molecule has 3 aromatic heterocycles. The average Bonchev–Trinajstić information content (AvgIpc) is 3.01. The van der Waals surface area contributed by atoms with Gasteiger partial charge in [-0.15, -0.1) is 12.4 Å². The van der Waals surface area contributed by atoms with Crippen LogP contribution in [-0.4, -0.2) is 71.2 Å². The van der Waals surface area contributed by atoms with Gasteiger partial charge in [-0.2, -0.15) is 0 Å². The van der Waals surface area contributed by atoms with Gasteiger partial charge in [0.1, 0.15) is 23.2 Å². The average molecular weight is 605 g/mol. The Balaban J connectivity index is 0.00000368. The number of nitrogens with zero attached hydrogens (tertiary/aromatic N) is 6. The van der Waals surface area contributed by atoms with Gasteiger partial charge in [0.2, 0.25) is 0 Å². The Morgan fingerprint density at radius 2 is 1.81 bits per heavy atom. The second kappa shape index (κ2) is 13.6. The van der Waals surface area contributed by atoms with E-state index in [-0.39, 0.29) is 29.8 Å². The molecule has 2 fully saturated rings. The molecule has 2 aliphatic heterocycles. The van der Waals surface area contributed by atoms with E-state index in [4.69, 9.17) is 20.4 Å². The van der Waals surface area contributed by atoms with E-state index in [2.05, 4.69) is 44.3 Å². The van der Waals surface area contributed by atoms with E-state index in [9.17, 15) is 4.39 Å². The second-order valence-electron chi connectivity index (χ2n) is 11.2. The van der Waals surface area contributed by atoms with Crippen LogP contribution in [0.25, 0.3) is 22.5 Å². The fourth-order valence-electron chi connectivity index (χ4n) is 5.91. The summed E-state index contributed by atoms with van der Waals surface area (Å²) in [5, 5.41) is 3.29. The second-order valence-corrected chi connectivity index (χ2v) is 11.2. The summed E-state index contributed by atoms with van der Waals surface area (Å²) in [6.45, 7) is 3.89. The number of hydrogen-bond donors (Lipinski definition) is 2. The molecule has 0 saturated carbocycles. The number of halogens is 2. The number of anilines is 3. The maximum atomic E-state index is 14.7. The number of piperidine rings is 2. The molecule has 0 radical (unpaired) electrons. The van der Waals surface area contributed by atoms with Crippen LogP contribution in [0.2, 0.25) is 0 Å². The molecule has 0 bridgehead atoms. The molecule has 226 valence electrons. The molecule has 43 heavy (non-hydrogen) atoms. The fraction of sp³-hybridized carbons (Fsp3) is 0.375. The monoisotopic (exact) mass is 604 g/mol. The smallest absolute Gasteiger partial charge is 0.168 e. The molecule has 2 saturated heterocycles. The Morgan fingerprint density at radius 1 is 0.977 bits per heavy atom. The number of pyridine rings is 2. The maximum absolute atomic E-state index is 14.7. The zero-order valence-electron chi connectivity index (χ0n) is 24.5. The van der Waals surface area contributed by atoms with Gasteiger partial charge < -0.3 is 25.6 Å². The van der Waals surface area contributed by atoms with Crippen LogP contribution >= 0.6 is 12.4 Å². The third-order valence-corrected chi connectivity index (χ3v) is 8.25. The molecule has 0 amide bonds. The topological polar surface area (TPSA) is 105 Å². The van der Waals surface area contributed by atoms with E-state index < -0.39 is 5.82 Å². The van der Waals surface area contributed by atoms with E-state index in [1.807, 2.05) is 18.5 Å². The SMILES string of the molecule is COc1cccc(F)c1-c1nccc(Nc2cc(N3CCC[C@H](N)C3)c(-c3ccc(C4CCN(C)CC4)nc3)cn2)n1.Cl. The molecule has 4 aromatic rings. The number of rotatable bonds is 7. The van der Waals surface area contributed by atoms with Crippen LogP contribution in [0.5, 0.6) is 5.75 Å². The van der Waals surface area contributed by atoms with E-state index >= 15 is 0 Å². The molecule has 11 heteroatoms. The highest BCUT2D eigenvalue weighted by atomic mass is 35.5. The van der Waals surface area contributed by atoms with Crippen molar-refractivity contribution in [1.82, 2.24) is 24.8 Å². The molecule has 0 spiro atoms. The van der Waals surface area contributed by atoms with Crippen LogP contribution in [0.1, 0.15) is 37.3 Å². The van der Waals surface area contributed by atoms with Gasteiger partial charge in [-0.05, 0) is 70.1 Å². The number of likely N-dealkylation sites (tertiary alicyclic amines) is 1. The van der Waals surface area contributed by atoms with Crippen LogP contribution < -0.4 is 20.7 Å². The molecule has 0 unspecified atom stereocenters. The molecule has 1 aromatic carbocycles. The van der Waals surface area contributed by atoms with E-state index in [1.165, 1.54) is 13.2 Å². The van der Waals surface area contributed by atoms with Gasteiger partial charge in [-0.1, -0.05) is 12.1 Å². The predicted octanol–water partition coefficient (Wildman–Crippen LogP) is 5.65. The van der Waals surface area contributed by atoms with Gasteiger partial charge in [-0.3, -0.25) is 4.98 Å². The van der Waals surface area contributed by atoms with Crippen molar-refractivity contribution in [2.75, 3.05) is 50.6 Å². The molecular weight excluding hydrogens is 567 g/mol. The molecule has 6 rings (SSSR count). The first kappa shape index (κ1) is 30.6. The first-order valence-corrected chi connectivity index (χ1v) is 14.6. The maximum Gasteiger partial charge on any atom is 0.168 e. The Bertz CT molecular complexity index is 1530. The zero-order valence-corrected chi connectivity index (χ0v) is 25.4. The minimum absolute atomic E-state index is 0. The van der Waals surface area contributed by atoms with Crippen molar-refractivity contribution in [2.45, 2.75) is 37.6 Å². The lowest BCUT2D eigenvalue weighted by molar-refractivity contribution is 0.253. The highest BCUT2D eigenvalue weighted by Gasteiger charge is 2.23. The van der Waals surface area contributed by atoms with Gasteiger partial charge in [0, 0.05) is 72.2 Å². The molecule has 5 heterocycles. The van der Waals surface area contributed by atoms with Crippen LogP contribution in [0.3, 0.4) is 0 Å². The summed E-state index contributed by atoms with van der Waals surface area (Å²) in [6, 6.07) is 12.9. The van der Waals surface area contributed by atoms with Crippen molar-refractivity contribution in [3.05, 3.63) is 72.6 Å². The van der Waals surface area contributed by atoms with Crippen LogP contribution in [0.4, 0.5) is 21.7 Å². The van der Waals surface area contributed by atoms with Gasteiger partial charge in [0.15, 0.2) is 5.82 Å². The normalized spacial score (nSPS) is 17.8. The van der Waals surface area contributed by atoms with Crippen molar-refractivity contribution >= 4 is 29.7 Å². The summed E-state index contributed by atoms with van der Waals surface area (Å²) >= 11 is 0. The summed E-state index contributed by atoms with van der Waals surface area (Å²) in [7, 11) is 3.67. The largest absolute Gasteiger partial charge is 0.496 e. The number of hydrogen-bond acceptors (Lipinski definition) is 9. The van der Waals surface area contributed by atoms with E-state index in [0.717, 1.165) is 74.4 Å². The minimum Gasteiger partial charge on any atom is -0.496 e. The molecular formula is C32H38ClFN8O. The first-order valence-electron chi connectivity index (χ1n) is 14.6. The van der Waals surface area contributed by atoms with Crippen molar-refractivity contribution in [1.29, 1.82) is 0 Å². The number of nitrogens with one attached hydrogen (secondary N) is 1. The van der Waals surface area contributed by atoms with Crippen LogP contribution in [-0.2, 0) is 0 Å². The summed E-state index contributed by atoms with van der Waals surface area (Å²) < 4.78 is 20.1. The highest BCUT2D eigenvalue weighted by molar-refractivity contribution is 5.85. The minimum atomic E-state index is -0.451. The molecule has 0 aliphatic carbocycles. The summed E-state index contributed by atoms with van der Waals surface area (Å²) in [5.74, 6) is 1.76. The summed E-state index contributed by atoms with van der Waals surface area (Å²) in [4.78, 5) is 23.2. The Hall–Kier alpha value is -3.86. The highest BCUT2D eigenvalue weighted by Crippen LogP contribution is 2.36. The Morgan fingerprint density at radius 3 is 2.56 bits per heavy atom. The number of nitrogens with two attached hydrogens (primary N) is 1. The van der Waals surface area contributed by atoms with Crippen molar-refractivity contribution in [3.8, 4) is 28.3 Å². The molecule has 1 atom stereocenters. The number of aromatic nitrogens is 4. The lowest BCUT2D eigenvalue weighted by atomic mass is 9.92. The number of benzene rings is 1. The van der Waals surface area contributed by atoms with Crippen molar-refractivity contribution < 1.29 is 9.13 Å². The van der Waals surface area contributed by atoms with Crippen LogP contribution in [0, 0.1) is 5.82 Å². The summed E-state index contributed by atoms with van der Waals surface area (Å²) in [5.41, 5.74) is 10.8. The molecule has 2 aliphatic rings. The third kappa shape index (κ3) is 6.87. The van der Waals surface area contributed by atoms with Gasteiger partial charge in [-0.25, -0.2) is 19.3 Å². The molecule has 3 N–H and O–H groups in total. The van der Waals surface area contributed by atoms with Crippen molar-refractivity contribution in [3.63, 3.8) is 0 Å². The predicted molar refractivity (Wildman–Crippen MR) is 171 cm³/mol. The zero-order chi connectivity index (χ0) is 29.1. The Labute approximate surface area is 258 Å². The number of methoxy groups -OCH3 is 1. The van der Waals surface area contributed by atoms with Gasteiger partial charge in [0.25, 0.3) is 0 Å². The van der Waals surface area contributed by atoms with Crippen LogP contribution in [0.15, 0.2) is 61.1 Å². The van der Waals surface area contributed by atoms with Gasteiger partial charge >= 0.3 is 0 Å². The van der Waals surface area contributed by atoms with Crippen molar-refractivity contribution in [2.24, 2.45) is 5.73 Å².